The molecule has 4 N–H and O–H groups in total. The standard InChI is InChI=1S/C34H36N4O6S.Fe/c1-4-18-17(3)25-10-27-19(5-2)22(14-39)30(36-27)13-32-24(16-45)21(7-9-34(43)44)29(38-32)12-28-20(6-8-33(41)42)23(15-40)31(37-28)11-26(18)35-25;/h5,10-13,39-40H,2,4,6-9,14-16H2,1,3H3,(H5,35,36,37,38,41,42,43,44,45);/q;+2/p-2. The number of aromatic nitrogens is 4. The first-order valence-electron chi connectivity index (χ1n) is 14.6. The van der Waals surface area contributed by atoms with E-state index in [9.17, 15) is 30.0 Å². The predicted molar refractivity (Wildman–Crippen MR) is 177 cm³/mol. The van der Waals surface area contributed by atoms with Crippen molar-refractivity contribution < 1.29 is 47.1 Å². The molecule has 12 heteroatoms. The summed E-state index contributed by atoms with van der Waals surface area (Å²) in [5.41, 5.74) is 10.00. The molecule has 0 unspecified atom stereocenters. The van der Waals surface area contributed by atoms with E-state index >= 15 is 0 Å². The number of carbonyl (C=O) groups is 2. The number of allylic oxidation sites excluding steroid dienone is 3. The Morgan fingerprint density at radius 2 is 1.28 bits per heavy atom. The van der Waals surface area contributed by atoms with Crippen LogP contribution in [0.3, 0.4) is 0 Å². The smallest absolute Gasteiger partial charge is 0.657 e. The van der Waals surface area contributed by atoms with Crippen LogP contribution < -0.4 is 9.97 Å². The van der Waals surface area contributed by atoms with Gasteiger partial charge in [-0.15, -0.1) is 22.1 Å². The number of carboxylic acids is 2. The molecule has 0 saturated heterocycles. The monoisotopic (exact) mass is 682 g/mol. The van der Waals surface area contributed by atoms with Gasteiger partial charge >= 0.3 is 29.0 Å². The molecular formula is C34H34FeN4O6S. The summed E-state index contributed by atoms with van der Waals surface area (Å²) in [4.78, 5) is 42.7. The topological polar surface area (TPSA) is 169 Å². The van der Waals surface area contributed by atoms with Gasteiger partial charge in [0.2, 0.25) is 0 Å². The molecule has 8 bridgehead atoms. The zero-order chi connectivity index (χ0) is 32.4. The summed E-state index contributed by atoms with van der Waals surface area (Å²) in [6, 6.07) is 7.14. The molecule has 0 spiro atoms. The third-order valence-corrected chi connectivity index (χ3v) is 8.60. The molecule has 0 atom stereocenters. The van der Waals surface area contributed by atoms with Crippen molar-refractivity contribution in [3.05, 3.63) is 81.9 Å². The molecule has 0 radical (unpaired) electrons. The third-order valence-electron chi connectivity index (χ3n) is 8.29. The molecule has 0 aliphatic carbocycles. The fourth-order valence-corrected chi connectivity index (χ4v) is 6.38. The summed E-state index contributed by atoms with van der Waals surface area (Å²) in [5, 5.41) is 39.9. The van der Waals surface area contributed by atoms with Crippen LogP contribution in [0.5, 0.6) is 0 Å². The summed E-state index contributed by atoms with van der Waals surface area (Å²) in [6.07, 6.45) is 2.31. The van der Waals surface area contributed by atoms with Crippen molar-refractivity contribution in [3.63, 3.8) is 0 Å². The fourth-order valence-electron chi connectivity index (χ4n) is 6.03. The Balaban J connectivity index is 0.00000480. The third kappa shape index (κ3) is 6.63. The molecule has 240 valence electrons. The van der Waals surface area contributed by atoms with Crippen molar-refractivity contribution in [3.8, 4) is 0 Å². The number of aliphatic hydroxyl groups is 2. The number of aliphatic hydroxyl groups excluding tert-OH is 2. The van der Waals surface area contributed by atoms with Crippen LogP contribution in [0.15, 0.2) is 36.9 Å². The number of nitrogens with zero attached hydrogens (tertiary/aromatic N) is 4. The molecule has 2 aliphatic heterocycles. The molecule has 3 aromatic rings. The number of aliphatic carboxylic acids is 2. The molecular weight excluding hydrogens is 648 g/mol. The molecule has 0 amide bonds. The second-order valence-corrected chi connectivity index (χ2v) is 11.2. The van der Waals surface area contributed by atoms with Gasteiger partial charge in [0.15, 0.2) is 0 Å². The first kappa shape index (κ1) is 34.9. The Bertz CT molecular complexity index is 1960. The van der Waals surface area contributed by atoms with Gasteiger partial charge in [0.05, 0.1) is 36.0 Å². The van der Waals surface area contributed by atoms with Gasteiger partial charge in [0, 0.05) is 35.3 Å². The van der Waals surface area contributed by atoms with Gasteiger partial charge in [0.1, 0.15) is 0 Å². The van der Waals surface area contributed by atoms with E-state index in [0.29, 0.717) is 84.7 Å². The quantitative estimate of drug-likeness (QED) is 0.141. The van der Waals surface area contributed by atoms with Crippen molar-refractivity contribution >= 4 is 68.9 Å². The van der Waals surface area contributed by atoms with Crippen LogP contribution in [-0.4, -0.2) is 55.5 Å². The largest absolute Gasteiger partial charge is 2.00 e. The van der Waals surface area contributed by atoms with Crippen LogP contribution in [0.4, 0.5) is 0 Å². The summed E-state index contributed by atoms with van der Waals surface area (Å²) >= 11 is 4.56. The van der Waals surface area contributed by atoms with E-state index in [0.717, 1.165) is 11.1 Å². The normalized spacial score (nSPS) is 12.8. The Kier molecular flexibility index (Phi) is 11.1. The Morgan fingerprint density at radius 3 is 1.85 bits per heavy atom. The van der Waals surface area contributed by atoms with Crippen LogP contribution in [-0.2, 0) is 45.3 Å². The van der Waals surface area contributed by atoms with E-state index in [2.05, 4.69) is 19.2 Å². The number of rotatable bonds is 11. The van der Waals surface area contributed by atoms with Crippen molar-refractivity contribution in [1.29, 1.82) is 0 Å². The van der Waals surface area contributed by atoms with E-state index in [1.807, 2.05) is 26.0 Å². The average Bonchev–Trinajstić information content (AvgIpc) is 3.70. The zero-order valence-electron chi connectivity index (χ0n) is 25.4. The van der Waals surface area contributed by atoms with Gasteiger partial charge in [-0.25, -0.2) is 9.97 Å². The number of thiol groups is 1. The molecule has 5 heterocycles. The summed E-state index contributed by atoms with van der Waals surface area (Å²) < 4.78 is 0. The minimum Gasteiger partial charge on any atom is -0.657 e. The number of fused-ring (bicyclic) bond motifs is 8. The zero-order valence-corrected chi connectivity index (χ0v) is 27.4. The maximum absolute atomic E-state index is 11.6. The molecule has 0 saturated carbocycles. The number of hydrogen-bond donors (Lipinski definition) is 5. The second kappa shape index (κ2) is 14.7. The molecule has 10 nitrogen and oxygen atoms in total. The molecule has 3 aromatic heterocycles. The van der Waals surface area contributed by atoms with Crippen LogP contribution in [0.25, 0.3) is 44.4 Å². The van der Waals surface area contributed by atoms with E-state index in [4.69, 9.17) is 19.9 Å². The minimum atomic E-state index is -0.987. The Morgan fingerprint density at radius 1 is 0.783 bits per heavy atom. The van der Waals surface area contributed by atoms with Gasteiger partial charge in [-0.2, -0.15) is 12.6 Å². The molecule has 46 heavy (non-hydrogen) atoms. The van der Waals surface area contributed by atoms with E-state index in [1.165, 1.54) is 0 Å². The molecule has 0 fully saturated rings. The molecule has 2 aliphatic rings. The SMILES string of the molecule is C=CC1=C(CO)c2cc3[n-]c(cc4nc(cc5[n-]c(cc1n2)c(C)c5CC)C(CO)=C4CCC(=O)O)c(CCC(=O)O)c3CS.[Fe+2]. The summed E-state index contributed by atoms with van der Waals surface area (Å²) in [5.74, 6) is -1.70. The fraction of sp³-hybridized carbons (Fsp3) is 0.294. The minimum absolute atomic E-state index is 0. The van der Waals surface area contributed by atoms with Gasteiger partial charge in [-0.05, 0) is 31.8 Å². The average molecular weight is 683 g/mol. The molecule has 5 rings (SSSR count). The van der Waals surface area contributed by atoms with E-state index in [1.54, 1.807) is 18.2 Å². The van der Waals surface area contributed by atoms with Gasteiger partial charge < -0.3 is 30.4 Å². The first-order chi connectivity index (χ1) is 21.6. The summed E-state index contributed by atoms with van der Waals surface area (Å²) in [6.45, 7) is 7.31. The maximum atomic E-state index is 11.6. The van der Waals surface area contributed by atoms with Gasteiger partial charge in [-0.1, -0.05) is 66.1 Å². The number of aryl methyl sites for hydroxylation is 3. The second-order valence-electron chi connectivity index (χ2n) is 10.8. The van der Waals surface area contributed by atoms with Crippen LogP contribution >= 0.6 is 12.6 Å². The van der Waals surface area contributed by atoms with Gasteiger partial charge in [-0.3, -0.25) is 9.59 Å². The van der Waals surface area contributed by atoms with Crippen molar-refractivity contribution in [2.75, 3.05) is 13.2 Å². The Labute approximate surface area is 281 Å². The van der Waals surface area contributed by atoms with Crippen molar-refractivity contribution in [2.24, 2.45) is 0 Å². The van der Waals surface area contributed by atoms with Crippen molar-refractivity contribution in [1.82, 2.24) is 19.9 Å². The number of hydrogen-bond acceptors (Lipinski definition) is 7. The van der Waals surface area contributed by atoms with Crippen LogP contribution in [0.1, 0.15) is 71.2 Å². The van der Waals surface area contributed by atoms with Gasteiger partial charge in [0.25, 0.3) is 0 Å². The first-order valence-corrected chi connectivity index (χ1v) is 15.3. The van der Waals surface area contributed by atoms with Crippen LogP contribution in [0.2, 0.25) is 0 Å². The van der Waals surface area contributed by atoms with Crippen molar-refractivity contribution in [2.45, 2.75) is 51.7 Å². The Hall–Kier alpha value is -3.93. The van der Waals surface area contributed by atoms with E-state index < -0.39 is 11.9 Å². The van der Waals surface area contributed by atoms with Crippen LogP contribution in [0, 0.1) is 6.92 Å². The predicted octanol–water partition coefficient (Wildman–Crippen LogP) is 4.75. The van der Waals surface area contributed by atoms with E-state index in [-0.39, 0.29) is 61.7 Å². The summed E-state index contributed by atoms with van der Waals surface area (Å²) in [7, 11) is 0. The number of carboxylic acid groups (broad SMARTS) is 2. The maximum Gasteiger partial charge on any atom is 2.00 e. The molecule has 0 aromatic carbocycles.